The number of hydrogen-bond acceptors (Lipinski definition) is 6. The summed E-state index contributed by atoms with van der Waals surface area (Å²) in [5, 5.41) is 6.54. The number of anilines is 2. The number of alkyl halides is 1. The lowest BCUT2D eigenvalue weighted by atomic mass is 9.95. The SMILES string of the molecule is COC(=O)c1ccc(CCc2ccc(NC(=O)c3c(NC(=O)c4cccc(CCl)c4)sc4c3CCCC4)cn2)cc1. The molecule has 5 rings (SSSR count). The highest BCUT2D eigenvalue weighted by atomic mass is 35.5. The van der Waals surface area contributed by atoms with Gasteiger partial charge in [-0.15, -0.1) is 22.9 Å². The molecule has 9 heteroatoms. The highest BCUT2D eigenvalue weighted by Crippen LogP contribution is 2.39. The van der Waals surface area contributed by atoms with Gasteiger partial charge < -0.3 is 15.4 Å². The summed E-state index contributed by atoms with van der Waals surface area (Å²) < 4.78 is 4.74. The topological polar surface area (TPSA) is 97.4 Å². The van der Waals surface area contributed by atoms with Crippen LogP contribution in [0.5, 0.6) is 0 Å². The predicted octanol–water partition coefficient (Wildman–Crippen LogP) is 6.84. The molecule has 0 aliphatic heterocycles. The van der Waals surface area contributed by atoms with E-state index in [1.54, 1.807) is 36.5 Å². The standard InChI is InChI=1S/C32H30ClN3O4S/c1-40-32(39)22-12-9-20(10-13-22)11-14-24-15-16-25(19-34-24)35-30(38)28-26-7-2-3-8-27(26)41-31(28)36-29(37)23-6-4-5-21(17-23)18-33/h4-6,9-10,12-13,15-17,19H,2-3,7-8,11,14,18H2,1H3,(H,35,38)(H,36,37). The van der Waals surface area contributed by atoms with Gasteiger partial charge in [-0.25, -0.2) is 4.79 Å². The van der Waals surface area contributed by atoms with Gasteiger partial charge in [0.25, 0.3) is 11.8 Å². The van der Waals surface area contributed by atoms with Crippen LogP contribution in [-0.4, -0.2) is 29.9 Å². The molecule has 1 aliphatic rings. The Hall–Kier alpha value is -4.01. The zero-order chi connectivity index (χ0) is 28.8. The summed E-state index contributed by atoms with van der Waals surface area (Å²) in [4.78, 5) is 43.9. The Morgan fingerprint density at radius 3 is 2.44 bits per heavy atom. The Morgan fingerprint density at radius 1 is 0.902 bits per heavy atom. The summed E-state index contributed by atoms with van der Waals surface area (Å²) in [5.74, 6) is -0.561. The first-order chi connectivity index (χ1) is 19.9. The van der Waals surface area contributed by atoms with E-state index in [0.717, 1.165) is 59.4 Å². The van der Waals surface area contributed by atoms with E-state index in [1.807, 2.05) is 30.3 Å². The first-order valence-electron chi connectivity index (χ1n) is 13.5. The third-order valence-electron chi connectivity index (χ3n) is 7.10. The van der Waals surface area contributed by atoms with Crippen LogP contribution in [0.15, 0.2) is 66.9 Å². The molecule has 2 heterocycles. The van der Waals surface area contributed by atoms with E-state index in [-0.39, 0.29) is 17.8 Å². The molecule has 2 amide bonds. The molecule has 2 N–H and O–H groups in total. The monoisotopic (exact) mass is 587 g/mol. The number of carbonyl (C=O) groups is 3. The van der Waals surface area contributed by atoms with Crippen LogP contribution < -0.4 is 10.6 Å². The van der Waals surface area contributed by atoms with E-state index in [9.17, 15) is 14.4 Å². The van der Waals surface area contributed by atoms with Crippen molar-refractivity contribution in [2.45, 2.75) is 44.4 Å². The Bertz CT molecular complexity index is 1570. The zero-order valence-electron chi connectivity index (χ0n) is 22.7. The molecular formula is C32H30ClN3O4S. The lowest BCUT2D eigenvalue weighted by molar-refractivity contribution is 0.0600. The number of carbonyl (C=O) groups excluding carboxylic acids is 3. The molecule has 0 radical (unpaired) electrons. The van der Waals surface area contributed by atoms with Gasteiger partial charge in [-0.2, -0.15) is 0 Å². The molecule has 4 aromatic rings. The summed E-state index contributed by atoms with van der Waals surface area (Å²) >= 11 is 7.43. The van der Waals surface area contributed by atoms with Crippen molar-refractivity contribution in [3.8, 4) is 0 Å². The lowest BCUT2D eigenvalue weighted by Gasteiger charge is -2.13. The first kappa shape index (κ1) is 28.5. The average Bonchev–Trinajstić information content (AvgIpc) is 3.38. The van der Waals surface area contributed by atoms with Crippen molar-refractivity contribution in [3.05, 3.63) is 111 Å². The number of benzene rings is 2. The van der Waals surface area contributed by atoms with Gasteiger partial charge in [0.2, 0.25) is 0 Å². The maximum absolute atomic E-state index is 13.5. The smallest absolute Gasteiger partial charge is 0.337 e. The number of nitrogens with zero attached hydrogens (tertiary/aromatic N) is 1. The summed E-state index contributed by atoms with van der Waals surface area (Å²) in [5.41, 5.74) is 5.99. The minimum Gasteiger partial charge on any atom is -0.465 e. The number of hydrogen-bond donors (Lipinski definition) is 2. The van der Waals surface area contributed by atoms with E-state index in [4.69, 9.17) is 16.3 Å². The van der Waals surface area contributed by atoms with Gasteiger partial charge in [0.05, 0.1) is 30.1 Å². The second-order valence-electron chi connectivity index (χ2n) is 9.88. The van der Waals surface area contributed by atoms with Gasteiger partial charge >= 0.3 is 5.97 Å². The number of pyridine rings is 1. The Morgan fingerprint density at radius 2 is 1.71 bits per heavy atom. The van der Waals surface area contributed by atoms with E-state index >= 15 is 0 Å². The number of nitrogens with one attached hydrogen (secondary N) is 2. The summed E-state index contributed by atoms with van der Waals surface area (Å²) in [6.45, 7) is 0. The number of halogens is 1. The maximum atomic E-state index is 13.5. The Kier molecular flexibility index (Phi) is 9.11. The van der Waals surface area contributed by atoms with Crippen molar-refractivity contribution >= 4 is 51.4 Å². The third-order valence-corrected chi connectivity index (χ3v) is 8.61. The van der Waals surface area contributed by atoms with Gasteiger partial charge in [0, 0.05) is 22.0 Å². The minimum atomic E-state index is -0.356. The average molecular weight is 588 g/mol. The molecule has 0 fully saturated rings. The van der Waals surface area contributed by atoms with Crippen molar-refractivity contribution in [3.63, 3.8) is 0 Å². The van der Waals surface area contributed by atoms with Gasteiger partial charge in [0.15, 0.2) is 0 Å². The van der Waals surface area contributed by atoms with Crippen LogP contribution in [-0.2, 0) is 36.3 Å². The van der Waals surface area contributed by atoms with Crippen LogP contribution in [0.25, 0.3) is 0 Å². The molecule has 0 atom stereocenters. The molecule has 210 valence electrons. The number of rotatable bonds is 9. The number of fused-ring (bicyclic) bond motifs is 1. The van der Waals surface area contributed by atoms with Crippen molar-refractivity contribution in [1.82, 2.24) is 4.98 Å². The third kappa shape index (κ3) is 6.84. The summed E-state index contributed by atoms with van der Waals surface area (Å²) in [7, 11) is 1.36. The van der Waals surface area contributed by atoms with Gasteiger partial charge in [-0.1, -0.05) is 24.3 Å². The molecular weight excluding hydrogens is 558 g/mol. The molecule has 0 spiro atoms. The van der Waals surface area contributed by atoms with E-state index in [1.165, 1.54) is 18.4 Å². The number of methoxy groups -OCH3 is 1. The zero-order valence-corrected chi connectivity index (χ0v) is 24.2. The quantitative estimate of drug-likeness (QED) is 0.165. The Labute approximate surface area is 247 Å². The molecule has 0 bridgehead atoms. The normalized spacial score (nSPS) is 12.3. The van der Waals surface area contributed by atoms with Crippen LogP contribution >= 0.6 is 22.9 Å². The van der Waals surface area contributed by atoms with Crippen LogP contribution in [0.3, 0.4) is 0 Å². The van der Waals surface area contributed by atoms with Crippen LogP contribution in [0, 0.1) is 0 Å². The number of aromatic nitrogens is 1. The van der Waals surface area contributed by atoms with Crippen LogP contribution in [0.4, 0.5) is 10.7 Å². The van der Waals surface area contributed by atoms with Crippen molar-refractivity contribution in [1.29, 1.82) is 0 Å². The van der Waals surface area contributed by atoms with Crippen LogP contribution in [0.2, 0.25) is 0 Å². The summed E-state index contributed by atoms with van der Waals surface area (Å²) in [6, 6.07) is 18.2. The van der Waals surface area contributed by atoms with Crippen molar-refractivity contribution < 1.29 is 19.1 Å². The largest absolute Gasteiger partial charge is 0.465 e. The van der Waals surface area contributed by atoms with E-state index in [0.29, 0.717) is 39.7 Å². The number of thiophene rings is 1. The molecule has 2 aromatic carbocycles. The minimum absolute atomic E-state index is 0.255. The molecule has 0 saturated heterocycles. The fourth-order valence-electron chi connectivity index (χ4n) is 4.90. The van der Waals surface area contributed by atoms with E-state index in [2.05, 4.69) is 15.6 Å². The molecule has 41 heavy (non-hydrogen) atoms. The first-order valence-corrected chi connectivity index (χ1v) is 14.8. The second-order valence-corrected chi connectivity index (χ2v) is 11.3. The fraction of sp³-hybridized carbons (Fsp3) is 0.250. The molecule has 7 nitrogen and oxygen atoms in total. The maximum Gasteiger partial charge on any atom is 0.337 e. The molecule has 0 unspecified atom stereocenters. The van der Waals surface area contributed by atoms with E-state index < -0.39 is 0 Å². The molecule has 0 saturated carbocycles. The number of ether oxygens (including phenoxy) is 1. The van der Waals surface area contributed by atoms with Crippen molar-refractivity contribution in [2.24, 2.45) is 0 Å². The van der Waals surface area contributed by atoms with Gasteiger partial charge in [-0.05, 0) is 91.6 Å². The highest BCUT2D eigenvalue weighted by molar-refractivity contribution is 7.17. The van der Waals surface area contributed by atoms with Crippen molar-refractivity contribution in [2.75, 3.05) is 17.7 Å². The van der Waals surface area contributed by atoms with Gasteiger partial charge in [-0.3, -0.25) is 14.6 Å². The molecule has 2 aromatic heterocycles. The highest BCUT2D eigenvalue weighted by Gasteiger charge is 2.27. The number of amides is 2. The van der Waals surface area contributed by atoms with Gasteiger partial charge in [0.1, 0.15) is 5.00 Å². The lowest BCUT2D eigenvalue weighted by Crippen LogP contribution is -2.19. The second kappa shape index (κ2) is 13.1. The summed E-state index contributed by atoms with van der Waals surface area (Å²) in [6.07, 6.45) is 6.92. The fourth-order valence-corrected chi connectivity index (χ4v) is 6.35. The predicted molar refractivity (Wildman–Crippen MR) is 162 cm³/mol. The number of esters is 1. The molecule has 1 aliphatic carbocycles. The Balaban J connectivity index is 1.27. The number of aryl methyl sites for hydroxylation is 3. The van der Waals surface area contributed by atoms with Crippen LogP contribution in [0.1, 0.15) is 71.2 Å².